The third kappa shape index (κ3) is 1.26. The molecule has 0 nitrogen and oxygen atoms in total. The average molecular weight is 182 g/mol. The first-order valence-electron chi connectivity index (χ1n) is 3.72. The Balaban J connectivity index is 2.89. The van der Waals surface area contributed by atoms with Gasteiger partial charge in [-0.05, 0) is 23.6 Å². The lowest BCUT2D eigenvalue weighted by atomic mass is 10.1. The van der Waals surface area contributed by atoms with E-state index in [2.05, 4.69) is 0 Å². The van der Waals surface area contributed by atoms with Crippen molar-refractivity contribution in [2.75, 3.05) is 0 Å². The first kappa shape index (κ1) is 8.10. The maximum Gasteiger partial charge on any atom is 0.159 e. The van der Waals surface area contributed by atoms with Gasteiger partial charge in [0, 0.05) is 5.39 Å². The number of fused-ring (bicyclic) bond motifs is 1. The molecule has 66 valence electrons. The summed E-state index contributed by atoms with van der Waals surface area (Å²) in [6.45, 7) is 0. The summed E-state index contributed by atoms with van der Waals surface area (Å²) in [6.07, 6.45) is 0. The summed E-state index contributed by atoms with van der Waals surface area (Å²) in [7, 11) is 0. The molecule has 0 aliphatic rings. The first-order chi connectivity index (χ1) is 6.18. The molecule has 0 bridgehead atoms. The van der Waals surface area contributed by atoms with E-state index in [1.165, 1.54) is 18.2 Å². The number of hydrogen-bond acceptors (Lipinski definition) is 0. The van der Waals surface area contributed by atoms with Gasteiger partial charge in [-0.15, -0.1) is 0 Å². The molecule has 0 fully saturated rings. The van der Waals surface area contributed by atoms with Gasteiger partial charge in [-0.1, -0.05) is 12.1 Å². The van der Waals surface area contributed by atoms with E-state index in [1.807, 2.05) is 0 Å². The number of halogens is 3. The van der Waals surface area contributed by atoms with Gasteiger partial charge in [0.1, 0.15) is 5.82 Å². The molecule has 0 saturated heterocycles. The highest BCUT2D eigenvalue weighted by Gasteiger charge is 2.06. The Bertz CT molecular complexity index is 463. The van der Waals surface area contributed by atoms with Crippen LogP contribution in [0.15, 0.2) is 30.3 Å². The largest absolute Gasteiger partial charge is 0.206 e. The van der Waals surface area contributed by atoms with Crippen molar-refractivity contribution < 1.29 is 13.2 Å². The molecule has 0 atom stereocenters. The molecule has 0 heterocycles. The Hall–Kier alpha value is -1.51. The van der Waals surface area contributed by atoms with Crippen LogP contribution in [0.2, 0.25) is 0 Å². The van der Waals surface area contributed by atoms with Crippen molar-refractivity contribution in [3.05, 3.63) is 47.8 Å². The lowest BCUT2D eigenvalue weighted by Crippen LogP contribution is -1.86. The molecule has 13 heavy (non-hydrogen) atoms. The third-order valence-corrected chi connectivity index (χ3v) is 1.87. The summed E-state index contributed by atoms with van der Waals surface area (Å²) < 4.78 is 38.4. The molecular formula is C10H5F3. The second-order valence-corrected chi connectivity index (χ2v) is 2.73. The Morgan fingerprint density at radius 3 is 2.23 bits per heavy atom. The normalized spacial score (nSPS) is 10.7. The van der Waals surface area contributed by atoms with Gasteiger partial charge < -0.3 is 0 Å². The Morgan fingerprint density at radius 2 is 1.46 bits per heavy atom. The Morgan fingerprint density at radius 1 is 0.769 bits per heavy atom. The molecule has 2 aromatic carbocycles. The predicted molar refractivity (Wildman–Crippen MR) is 43.8 cm³/mol. The molecule has 0 unspecified atom stereocenters. The third-order valence-electron chi connectivity index (χ3n) is 1.87. The fourth-order valence-corrected chi connectivity index (χ4v) is 1.23. The van der Waals surface area contributed by atoms with Gasteiger partial charge in [-0.25, -0.2) is 13.2 Å². The maximum absolute atomic E-state index is 13.0. The summed E-state index contributed by atoms with van der Waals surface area (Å²) in [4.78, 5) is 0. The quantitative estimate of drug-likeness (QED) is 0.586. The molecule has 3 heteroatoms. The summed E-state index contributed by atoms with van der Waals surface area (Å²) >= 11 is 0. The van der Waals surface area contributed by atoms with Gasteiger partial charge in [-0.3, -0.25) is 0 Å². The molecule has 0 spiro atoms. The van der Waals surface area contributed by atoms with Crippen LogP contribution in [-0.2, 0) is 0 Å². The second-order valence-electron chi connectivity index (χ2n) is 2.73. The molecule has 2 aromatic rings. The summed E-state index contributed by atoms with van der Waals surface area (Å²) in [5, 5.41) is 0.459. The maximum atomic E-state index is 13.0. The van der Waals surface area contributed by atoms with Gasteiger partial charge >= 0.3 is 0 Å². The first-order valence-corrected chi connectivity index (χ1v) is 3.72. The summed E-state index contributed by atoms with van der Waals surface area (Å²) in [6, 6.07) is 6.03. The van der Waals surface area contributed by atoms with Crippen molar-refractivity contribution in [2.45, 2.75) is 0 Å². The lowest BCUT2D eigenvalue weighted by molar-refractivity contribution is 0.510. The minimum atomic E-state index is -1.03. The van der Waals surface area contributed by atoms with Gasteiger partial charge in [0.2, 0.25) is 0 Å². The van der Waals surface area contributed by atoms with E-state index >= 15 is 0 Å². The van der Waals surface area contributed by atoms with Crippen LogP contribution in [0.4, 0.5) is 13.2 Å². The number of benzene rings is 2. The van der Waals surface area contributed by atoms with Crippen LogP contribution < -0.4 is 0 Å². The minimum Gasteiger partial charge on any atom is -0.206 e. The van der Waals surface area contributed by atoms with Crippen LogP contribution in [0, 0.1) is 17.5 Å². The van der Waals surface area contributed by atoms with Crippen LogP contribution in [0.5, 0.6) is 0 Å². The summed E-state index contributed by atoms with van der Waals surface area (Å²) in [5.74, 6) is -2.54. The lowest BCUT2D eigenvalue weighted by Gasteiger charge is -1.99. The molecule has 0 aliphatic carbocycles. The van der Waals surface area contributed by atoms with Crippen LogP contribution in [0.3, 0.4) is 0 Å². The topological polar surface area (TPSA) is 0 Å². The second kappa shape index (κ2) is 2.76. The Kier molecular flexibility index (Phi) is 1.72. The van der Waals surface area contributed by atoms with Crippen LogP contribution in [-0.4, -0.2) is 0 Å². The average Bonchev–Trinajstić information content (AvgIpc) is 2.09. The zero-order chi connectivity index (χ0) is 9.42. The fourth-order valence-electron chi connectivity index (χ4n) is 1.23. The number of rotatable bonds is 0. The molecular weight excluding hydrogens is 177 g/mol. The fraction of sp³-hybridized carbons (Fsp3) is 0. The minimum absolute atomic E-state index is 0.0985. The molecule has 0 N–H and O–H groups in total. The van der Waals surface area contributed by atoms with Gasteiger partial charge in [-0.2, -0.15) is 0 Å². The molecule has 0 radical (unpaired) electrons. The highest BCUT2D eigenvalue weighted by atomic mass is 19.2. The van der Waals surface area contributed by atoms with E-state index < -0.39 is 17.5 Å². The molecule has 0 aliphatic heterocycles. The highest BCUT2D eigenvalue weighted by molar-refractivity contribution is 5.83. The van der Waals surface area contributed by atoms with E-state index in [0.29, 0.717) is 5.39 Å². The van der Waals surface area contributed by atoms with Crippen molar-refractivity contribution in [2.24, 2.45) is 0 Å². The molecule has 0 aromatic heterocycles. The zero-order valence-electron chi connectivity index (χ0n) is 6.52. The van der Waals surface area contributed by atoms with E-state index in [-0.39, 0.29) is 5.39 Å². The van der Waals surface area contributed by atoms with Crippen molar-refractivity contribution in [1.29, 1.82) is 0 Å². The van der Waals surface area contributed by atoms with Gasteiger partial charge in [0.05, 0.1) is 0 Å². The van der Waals surface area contributed by atoms with Crippen molar-refractivity contribution >= 4 is 10.8 Å². The highest BCUT2D eigenvalue weighted by Crippen LogP contribution is 2.20. The van der Waals surface area contributed by atoms with Crippen LogP contribution in [0.25, 0.3) is 10.8 Å². The zero-order valence-corrected chi connectivity index (χ0v) is 6.52. The molecule has 0 saturated carbocycles. The van der Waals surface area contributed by atoms with Crippen molar-refractivity contribution in [3.63, 3.8) is 0 Å². The van der Waals surface area contributed by atoms with E-state index in [4.69, 9.17) is 0 Å². The number of hydrogen-bond donors (Lipinski definition) is 0. The van der Waals surface area contributed by atoms with Crippen molar-refractivity contribution in [3.8, 4) is 0 Å². The van der Waals surface area contributed by atoms with E-state index in [0.717, 1.165) is 12.1 Å². The van der Waals surface area contributed by atoms with Crippen molar-refractivity contribution in [1.82, 2.24) is 0 Å². The Labute approximate surface area is 72.6 Å². The van der Waals surface area contributed by atoms with Crippen LogP contribution >= 0.6 is 0 Å². The molecule has 0 amide bonds. The predicted octanol–water partition coefficient (Wildman–Crippen LogP) is 3.26. The van der Waals surface area contributed by atoms with Gasteiger partial charge in [0.15, 0.2) is 11.6 Å². The van der Waals surface area contributed by atoms with Crippen LogP contribution in [0.1, 0.15) is 0 Å². The van der Waals surface area contributed by atoms with Gasteiger partial charge in [0.25, 0.3) is 0 Å². The summed E-state index contributed by atoms with van der Waals surface area (Å²) in [5.41, 5.74) is 0. The standard InChI is InChI=1S/C10H5F3/c11-8-3-1-2-6-4-9(12)10(13)5-7(6)8/h1-5H. The monoisotopic (exact) mass is 182 g/mol. The van der Waals surface area contributed by atoms with E-state index in [9.17, 15) is 13.2 Å². The van der Waals surface area contributed by atoms with E-state index in [1.54, 1.807) is 0 Å². The molecule has 2 rings (SSSR count). The smallest absolute Gasteiger partial charge is 0.159 e. The SMILES string of the molecule is Fc1cc2cccc(F)c2cc1F.